The van der Waals surface area contributed by atoms with Crippen molar-refractivity contribution in [2.24, 2.45) is 0 Å². The molecule has 0 atom stereocenters. The van der Waals surface area contributed by atoms with Gasteiger partial charge in [0.1, 0.15) is 5.75 Å². The van der Waals surface area contributed by atoms with Gasteiger partial charge in [-0.05, 0) is 30.7 Å². The maximum Gasteiger partial charge on any atom is 0.189 e. The monoisotopic (exact) mass is 210 g/mol. The number of halogens is 1. The summed E-state index contributed by atoms with van der Waals surface area (Å²) in [7, 11) is 1.54. The first-order valence-corrected chi connectivity index (χ1v) is 4.48. The van der Waals surface area contributed by atoms with Gasteiger partial charge in [0.25, 0.3) is 0 Å². The van der Waals surface area contributed by atoms with E-state index in [1.54, 1.807) is 25.1 Å². The Hall–Kier alpha value is -1.28. The van der Waals surface area contributed by atoms with Crippen LogP contribution in [-0.2, 0) is 0 Å². The van der Waals surface area contributed by atoms with Crippen molar-refractivity contribution < 1.29 is 9.53 Å². The molecule has 0 amide bonds. The fraction of sp³-hybridized carbons (Fsp3) is 0.182. The molecule has 0 fully saturated rings. The van der Waals surface area contributed by atoms with E-state index in [2.05, 4.69) is 6.58 Å². The number of allylic oxidation sites excluding steroid dienone is 1. The summed E-state index contributed by atoms with van der Waals surface area (Å²) in [6.45, 7) is 5.23. The van der Waals surface area contributed by atoms with Crippen LogP contribution in [0.3, 0.4) is 0 Å². The van der Waals surface area contributed by atoms with E-state index in [1.165, 1.54) is 7.11 Å². The smallest absolute Gasteiger partial charge is 0.189 e. The molecule has 0 saturated heterocycles. The van der Waals surface area contributed by atoms with E-state index in [1.807, 2.05) is 0 Å². The zero-order valence-corrected chi connectivity index (χ0v) is 8.89. The summed E-state index contributed by atoms with van der Waals surface area (Å²) in [5.41, 5.74) is 0.888. The second kappa shape index (κ2) is 4.29. The van der Waals surface area contributed by atoms with Gasteiger partial charge in [-0.3, -0.25) is 4.79 Å². The Morgan fingerprint density at radius 3 is 2.64 bits per heavy atom. The molecule has 0 aliphatic rings. The summed E-state index contributed by atoms with van der Waals surface area (Å²) in [6.07, 6.45) is 0. The third-order valence-corrected chi connectivity index (χ3v) is 2.14. The van der Waals surface area contributed by atoms with Gasteiger partial charge in [0.05, 0.1) is 12.1 Å². The van der Waals surface area contributed by atoms with Gasteiger partial charge in [0.15, 0.2) is 5.78 Å². The molecular weight excluding hydrogens is 200 g/mol. The van der Waals surface area contributed by atoms with Gasteiger partial charge in [-0.15, -0.1) is 0 Å². The molecule has 0 aliphatic carbocycles. The lowest BCUT2D eigenvalue weighted by molar-refractivity contribution is 0.103. The van der Waals surface area contributed by atoms with Crippen molar-refractivity contribution in [3.63, 3.8) is 0 Å². The van der Waals surface area contributed by atoms with Crippen molar-refractivity contribution in [2.45, 2.75) is 6.92 Å². The third kappa shape index (κ3) is 2.15. The van der Waals surface area contributed by atoms with Crippen LogP contribution in [0.15, 0.2) is 30.4 Å². The van der Waals surface area contributed by atoms with Crippen LogP contribution >= 0.6 is 11.6 Å². The average molecular weight is 211 g/mol. The number of rotatable bonds is 3. The predicted molar refractivity (Wildman–Crippen MR) is 57.1 cm³/mol. The Kier molecular flexibility index (Phi) is 3.31. The van der Waals surface area contributed by atoms with E-state index in [0.717, 1.165) is 0 Å². The van der Waals surface area contributed by atoms with Crippen LogP contribution < -0.4 is 4.74 Å². The molecule has 2 nitrogen and oxygen atoms in total. The standard InChI is InChI=1S/C11H11ClO2/c1-7(2)11(13)9-6-8(14-3)4-5-10(9)12/h4-6H,1H2,2-3H3. The van der Waals surface area contributed by atoms with E-state index in [4.69, 9.17) is 16.3 Å². The van der Waals surface area contributed by atoms with Crippen molar-refractivity contribution in [1.29, 1.82) is 0 Å². The van der Waals surface area contributed by atoms with Gasteiger partial charge in [0.2, 0.25) is 0 Å². The minimum atomic E-state index is -0.158. The highest BCUT2D eigenvalue weighted by atomic mass is 35.5. The summed E-state index contributed by atoms with van der Waals surface area (Å²) < 4.78 is 5.00. The van der Waals surface area contributed by atoms with Gasteiger partial charge >= 0.3 is 0 Å². The highest BCUT2D eigenvalue weighted by molar-refractivity contribution is 6.34. The summed E-state index contributed by atoms with van der Waals surface area (Å²) in [6, 6.07) is 4.95. The van der Waals surface area contributed by atoms with Crippen LogP contribution in [-0.4, -0.2) is 12.9 Å². The van der Waals surface area contributed by atoms with Crippen LogP contribution in [0.1, 0.15) is 17.3 Å². The lowest BCUT2D eigenvalue weighted by Gasteiger charge is -2.05. The molecule has 74 valence electrons. The number of ether oxygens (including phenoxy) is 1. The molecule has 0 N–H and O–H groups in total. The number of hydrogen-bond acceptors (Lipinski definition) is 2. The van der Waals surface area contributed by atoms with Crippen molar-refractivity contribution in [1.82, 2.24) is 0 Å². The van der Waals surface area contributed by atoms with E-state index >= 15 is 0 Å². The Morgan fingerprint density at radius 2 is 2.14 bits per heavy atom. The van der Waals surface area contributed by atoms with Crippen LogP contribution in [0, 0.1) is 0 Å². The van der Waals surface area contributed by atoms with Crippen LogP contribution in [0.4, 0.5) is 0 Å². The second-order valence-corrected chi connectivity index (χ2v) is 3.36. The highest BCUT2D eigenvalue weighted by Crippen LogP contribution is 2.23. The van der Waals surface area contributed by atoms with Crippen molar-refractivity contribution in [3.05, 3.63) is 40.9 Å². The summed E-state index contributed by atoms with van der Waals surface area (Å²) in [4.78, 5) is 11.6. The fourth-order valence-corrected chi connectivity index (χ4v) is 1.24. The van der Waals surface area contributed by atoms with E-state index < -0.39 is 0 Å². The van der Waals surface area contributed by atoms with Gasteiger partial charge in [-0.2, -0.15) is 0 Å². The molecule has 1 aromatic rings. The Labute approximate surface area is 88.1 Å². The van der Waals surface area contributed by atoms with Crippen molar-refractivity contribution in [2.75, 3.05) is 7.11 Å². The first kappa shape index (κ1) is 10.8. The number of hydrogen-bond donors (Lipinski definition) is 0. The second-order valence-electron chi connectivity index (χ2n) is 2.96. The van der Waals surface area contributed by atoms with Crippen LogP contribution in [0.2, 0.25) is 5.02 Å². The molecule has 0 unspecified atom stereocenters. The maximum absolute atomic E-state index is 11.6. The zero-order chi connectivity index (χ0) is 10.7. The molecule has 0 heterocycles. The largest absolute Gasteiger partial charge is 0.497 e. The summed E-state index contributed by atoms with van der Waals surface area (Å²) >= 11 is 5.87. The number of methoxy groups -OCH3 is 1. The highest BCUT2D eigenvalue weighted by Gasteiger charge is 2.11. The third-order valence-electron chi connectivity index (χ3n) is 1.81. The lowest BCUT2D eigenvalue weighted by Crippen LogP contribution is -2.01. The molecule has 0 bridgehead atoms. The lowest BCUT2D eigenvalue weighted by atomic mass is 10.1. The molecule has 3 heteroatoms. The number of carbonyl (C=O) groups is 1. The van der Waals surface area contributed by atoms with E-state index in [9.17, 15) is 4.79 Å². The Morgan fingerprint density at radius 1 is 1.50 bits per heavy atom. The molecule has 0 aromatic heterocycles. The first-order valence-electron chi connectivity index (χ1n) is 4.10. The summed E-state index contributed by atoms with van der Waals surface area (Å²) in [5, 5.41) is 0.416. The SMILES string of the molecule is C=C(C)C(=O)c1cc(OC)ccc1Cl. The molecular formula is C11H11ClO2. The Balaban J connectivity index is 3.19. The molecule has 1 aromatic carbocycles. The number of benzene rings is 1. The normalized spacial score (nSPS) is 9.64. The molecule has 14 heavy (non-hydrogen) atoms. The van der Waals surface area contributed by atoms with E-state index in [-0.39, 0.29) is 5.78 Å². The van der Waals surface area contributed by atoms with Gasteiger partial charge in [0, 0.05) is 5.56 Å². The predicted octanol–water partition coefficient (Wildman–Crippen LogP) is 3.11. The van der Waals surface area contributed by atoms with Crippen molar-refractivity contribution >= 4 is 17.4 Å². The molecule has 0 aliphatic heterocycles. The molecule has 1 rings (SSSR count). The fourth-order valence-electron chi connectivity index (χ4n) is 1.04. The molecule has 0 spiro atoms. The van der Waals surface area contributed by atoms with Gasteiger partial charge in [-0.25, -0.2) is 0 Å². The number of carbonyl (C=O) groups excluding carboxylic acids is 1. The Bertz CT molecular complexity index is 383. The average Bonchev–Trinajstić information content (AvgIpc) is 2.17. The maximum atomic E-state index is 11.6. The topological polar surface area (TPSA) is 26.3 Å². The quantitative estimate of drug-likeness (QED) is 0.566. The minimum Gasteiger partial charge on any atom is -0.497 e. The zero-order valence-electron chi connectivity index (χ0n) is 8.13. The van der Waals surface area contributed by atoms with Gasteiger partial charge < -0.3 is 4.74 Å². The number of Topliss-reactive ketones (excluding diaryl/α,β-unsaturated/α-hetero) is 1. The first-order chi connectivity index (χ1) is 6.56. The molecule has 0 saturated carbocycles. The van der Waals surface area contributed by atoms with Gasteiger partial charge in [-0.1, -0.05) is 18.2 Å². The minimum absolute atomic E-state index is 0.158. The van der Waals surface area contributed by atoms with Crippen LogP contribution in [0.25, 0.3) is 0 Å². The van der Waals surface area contributed by atoms with Crippen molar-refractivity contribution in [3.8, 4) is 5.75 Å². The molecule has 0 radical (unpaired) electrons. The number of ketones is 1. The van der Waals surface area contributed by atoms with E-state index in [0.29, 0.717) is 21.9 Å². The van der Waals surface area contributed by atoms with Crippen LogP contribution in [0.5, 0.6) is 5.75 Å². The summed E-state index contributed by atoms with van der Waals surface area (Å²) in [5.74, 6) is 0.452.